The van der Waals surface area contributed by atoms with E-state index < -0.39 is 5.82 Å². The van der Waals surface area contributed by atoms with Gasteiger partial charge in [-0.3, -0.25) is 9.59 Å². The molecule has 0 unspecified atom stereocenters. The molecule has 104 valence electrons. The number of amides is 2. The fourth-order valence-corrected chi connectivity index (χ4v) is 2.46. The van der Waals surface area contributed by atoms with Gasteiger partial charge >= 0.3 is 0 Å². The summed E-state index contributed by atoms with van der Waals surface area (Å²) < 4.78 is 13.2. The van der Waals surface area contributed by atoms with Gasteiger partial charge in [0.05, 0.1) is 9.88 Å². The minimum atomic E-state index is -0.406. The summed E-state index contributed by atoms with van der Waals surface area (Å²) >= 11 is 1.16. The largest absolute Gasteiger partial charge is 0.321 e. The normalized spacial score (nSPS) is 10.2. The SMILES string of the molecule is CC(=O)Nc1ccc(C(=O)Nc2cc(F)ccc2C)s1. The minimum Gasteiger partial charge on any atom is -0.321 e. The summed E-state index contributed by atoms with van der Waals surface area (Å²) in [6.07, 6.45) is 0. The van der Waals surface area contributed by atoms with Crippen molar-refractivity contribution < 1.29 is 14.0 Å². The van der Waals surface area contributed by atoms with Gasteiger partial charge in [-0.1, -0.05) is 6.07 Å². The summed E-state index contributed by atoms with van der Waals surface area (Å²) in [6.45, 7) is 3.18. The second kappa shape index (κ2) is 5.83. The van der Waals surface area contributed by atoms with Crippen molar-refractivity contribution in [2.75, 3.05) is 10.6 Å². The lowest BCUT2D eigenvalue weighted by molar-refractivity contribution is -0.114. The van der Waals surface area contributed by atoms with Crippen molar-refractivity contribution in [2.24, 2.45) is 0 Å². The monoisotopic (exact) mass is 292 g/mol. The summed E-state index contributed by atoms with van der Waals surface area (Å²) in [7, 11) is 0. The van der Waals surface area contributed by atoms with Gasteiger partial charge in [-0.05, 0) is 36.8 Å². The van der Waals surface area contributed by atoms with Crippen molar-refractivity contribution in [3.05, 3.63) is 46.6 Å². The van der Waals surface area contributed by atoms with Gasteiger partial charge < -0.3 is 10.6 Å². The molecule has 1 heterocycles. The second-order valence-electron chi connectivity index (χ2n) is 4.26. The van der Waals surface area contributed by atoms with Gasteiger partial charge in [0, 0.05) is 12.6 Å². The van der Waals surface area contributed by atoms with Crippen molar-refractivity contribution in [1.29, 1.82) is 0 Å². The van der Waals surface area contributed by atoms with Crippen molar-refractivity contribution in [2.45, 2.75) is 13.8 Å². The van der Waals surface area contributed by atoms with Crippen LogP contribution in [0.2, 0.25) is 0 Å². The van der Waals surface area contributed by atoms with Gasteiger partial charge in [0.2, 0.25) is 5.91 Å². The molecule has 0 aliphatic rings. The first-order valence-corrected chi connectivity index (χ1v) is 6.72. The second-order valence-corrected chi connectivity index (χ2v) is 5.34. The molecule has 4 nitrogen and oxygen atoms in total. The van der Waals surface area contributed by atoms with Crippen LogP contribution in [0.25, 0.3) is 0 Å². The van der Waals surface area contributed by atoms with E-state index in [9.17, 15) is 14.0 Å². The molecule has 0 atom stereocenters. The van der Waals surface area contributed by atoms with Gasteiger partial charge in [-0.25, -0.2) is 4.39 Å². The predicted octanol–water partition coefficient (Wildman–Crippen LogP) is 3.41. The van der Waals surface area contributed by atoms with Crippen LogP contribution < -0.4 is 10.6 Å². The molecular formula is C14H13FN2O2S. The number of hydrogen-bond acceptors (Lipinski definition) is 3. The van der Waals surface area contributed by atoms with Gasteiger partial charge in [0.15, 0.2) is 0 Å². The number of rotatable bonds is 3. The molecule has 0 fully saturated rings. The molecule has 2 rings (SSSR count). The smallest absolute Gasteiger partial charge is 0.265 e. The summed E-state index contributed by atoms with van der Waals surface area (Å²) in [6, 6.07) is 7.47. The van der Waals surface area contributed by atoms with Crippen LogP contribution in [0.15, 0.2) is 30.3 Å². The summed E-state index contributed by atoms with van der Waals surface area (Å²) in [5, 5.41) is 5.85. The Morgan fingerprint density at radius 1 is 1.15 bits per heavy atom. The van der Waals surface area contributed by atoms with Crippen LogP contribution in [0.3, 0.4) is 0 Å². The highest BCUT2D eigenvalue weighted by molar-refractivity contribution is 7.18. The molecule has 0 aliphatic heterocycles. The molecule has 0 bridgehead atoms. The molecule has 2 amide bonds. The molecular weight excluding hydrogens is 279 g/mol. The maximum atomic E-state index is 13.2. The zero-order valence-corrected chi connectivity index (χ0v) is 11.8. The number of carbonyl (C=O) groups excluding carboxylic acids is 2. The van der Waals surface area contributed by atoms with Gasteiger partial charge in [-0.2, -0.15) is 0 Å². The summed E-state index contributed by atoms with van der Waals surface area (Å²) in [5.41, 5.74) is 1.21. The van der Waals surface area contributed by atoms with Crippen LogP contribution in [-0.2, 0) is 4.79 Å². The van der Waals surface area contributed by atoms with E-state index in [0.717, 1.165) is 16.9 Å². The first-order valence-electron chi connectivity index (χ1n) is 5.90. The van der Waals surface area contributed by atoms with E-state index in [0.29, 0.717) is 15.6 Å². The molecule has 0 radical (unpaired) electrons. The van der Waals surface area contributed by atoms with E-state index in [1.54, 1.807) is 25.1 Å². The molecule has 1 aromatic heterocycles. The molecule has 0 spiro atoms. The Hall–Kier alpha value is -2.21. The molecule has 0 saturated heterocycles. The number of nitrogens with one attached hydrogen (secondary N) is 2. The van der Waals surface area contributed by atoms with Crippen LogP contribution in [0.1, 0.15) is 22.2 Å². The molecule has 2 N–H and O–H groups in total. The van der Waals surface area contributed by atoms with Crippen molar-refractivity contribution in [3.8, 4) is 0 Å². The quantitative estimate of drug-likeness (QED) is 0.910. The standard InChI is InChI=1S/C14H13FN2O2S/c1-8-3-4-10(15)7-11(8)17-14(19)12-5-6-13(20-12)16-9(2)18/h3-7H,1-2H3,(H,16,18)(H,17,19). The molecule has 0 aliphatic carbocycles. The summed E-state index contributed by atoms with van der Waals surface area (Å²) in [4.78, 5) is 23.4. The molecule has 1 aromatic carbocycles. The van der Waals surface area contributed by atoms with E-state index in [1.165, 1.54) is 19.1 Å². The zero-order valence-electron chi connectivity index (χ0n) is 11.0. The van der Waals surface area contributed by atoms with Crippen molar-refractivity contribution >= 4 is 33.8 Å². The summed E-state index contributed by atoms with van der Waals surface area (Å²) in [5.74, 6) is -0.934. The lowest BCUT2D eigenvalue weighted by Crippen LogP contribution is -2.11. The third-order valence-electron chi connectivity index (χ3n) is 2.58. The number of hydrogen-bond donors (Lipinski definition) is 2. The molecule has 0 saturated carbocycles. The zero-order chi connectivity index (χ0) is 14.7. The minimum absolute atomic E-state index is 0.195. The Morgan fingerprint density at radius 2 is 1.90 bits per heavy atom. The van der Waals surface area contributed by atoms with E-state index in [4.69, 9.17) is 0 Å². The highest BCUT2D eigenvalue weighted by atomic mass is 32.1. The van der Waals surface area contributed by atoms with Gasteiger partial charge in [0.25, 0.3) is 5.91 Å². The lowest BCUT2D eigenvalue weighted by atomic mass is 10.2. The number of thiophene rings is 1. The van der Waals surface area contributed by atoms with Crippen LogP contribution in [0.4, 0.5) is 15.1 Å². The molecule has 20 heavy (non-hydrogen) atoms. The first-order chi connectivity index (χ1) is 9.45. The Bertz CT molecular complexity index is 667. The lowest BCUT2D eigenvalue weighted by Gasteiger charge is -2.07. The van der Waals surface area contributed by atoms with Crippen molar-refractivity contribution in [1.82, 2.24) is 0 Å². The number of benzene rings is 1. The van der Waals surface area contributed by atoms with Crippen LogP contribution >= 0.6 is 11.3 Å². The Labute approximate surface area is 119 Å². The van der Waals surface area contributed by atoms with Crippen LogP contribution in [-0.4, -0.2) is 11.8 Å². The highest BCUT2D eigenvalue weighted by Gasteiger charge is 2.11. The van der Waals surface area contributed by atoms with Crippen LogP contribution in [0, 0.1) is 12.7 Å². The Balaban J connectivity index is 2.13. The number of anilines is 2. The average Bonchev–Trinajstić information content (AvgIpc) is 2.81. The predicted molar refractivity (Wildman–Crippen MR) is 77.7 cm³/mol. The highest BCUT2D eigenvalue weighted by Crippen LogP contribution is 2.24. The van der Waals surface area contributed by atoms with E-state index in [2.05, 4.69) is 10.6 Å². The number of aryl methyl sites for hydroxylation is 1. The van der Waals surface area contributed by atoms with Gasteiger partial charge in [-0.15, -0.1) is 11.3 Å². The first kappa shape index (κ1) is 14.2. The van der Waals surface area contributed by atoms with Crippen LogP contribution in [0.5, 0.6) is 0 Å². The fraction of sp³-hybridized carbons (Fsp3) is 0.143. The Kier molecular flexibility index (Phi) is 4.14. The maximum absolute atomic E-state index is 13.2. The Morgan fingerprint density at radius 3 is 2.60 bits per heavy atom. The third kappa shape index (κ3) is 3.42. The van der Waals surface area contributed by atoms with E-state index in [-0.39, 0.29) is 11.8 Å². The van der Waals surface area contributed by atoms with Gasteiger partial charge in [0.1, 0.15) is 5.82 Å². The fourth-order valence-electron chi connectivity index (χ4n) is 1.61. The van der Waals surface area contributed by atoms with E-state index >= 15 is 0 Å². The number of halogens is 1. The maximum Gasteiger partial charge on any atom is 0.265 e. The van der Waals surface area contributed by atoms with Crippen molar-refractivity contribution in [3.63, 3.8) is 0 Å². The van der Waals surface area contributed by atoms with E-state index in [1.807, 2.05) is 0 Å². The molecule has 6 heteroatoms. The topological polar surface area (TPSA) is 58.2 Å². The third-order valence-corrected chi connectivity index (χ3v) is 3.58. The number of carbonyl (C=O) groups is 2. The average molecular weight is 292 g/mol. The molecule has 2 aromatic rings.